The first kappa shape index (κ1) is 26.1. The number of nitrogens with zero attached hydrogens (tertiary/aromatic N) is 2. The van der Waals surface area contributed by atoms with Crippen molar-refractivity contribution in [2.24, 2.45) is 4.99 Å². The van der Waals surface area contributed by atoms with Crippen LogP contribution in [0.4, 0.5) is 0 Å². The molecular formula is C19H35IN4O2S. The van der Waals surface area contributed by atoms with E-state index in [1.54, 1.807) is 0 Å². The average molecular weight is 510 g/mol. The summed E-state index contributed by atoms with van der Waals surface area (Å²) in [5, 5.41) is 6.54. The van der Waals surface area contributed by atoms with Crippen LogP contribution in [0.25, 0.3) is 0 Å². The van der Waals surface area contributed by atoms with Gasteiger partial charge in [-0.1, -0.05) is 30.3 Å². The van der Waals surface area contributed by atoms with Crippen LogP contribution in [-0.4, -0.2) is 70.6 Å². The number of rotatable bonds is 10. The van der Waals surface area contributed by atoms with E-state index in [-0.39, 0.29) is 35.8 Å². The van der Waals surface area contributed by atoms with E-state index in [4.69, 9.17) is 4.99 Å². The van der Waals surface area contributed by atoms with E-state index in [0.29, 0.717) is 19.0 Å². The van der Waals surface area contributed by atoms with Crippen molar-refractivity contribution < 1.29 is 8.42 Å². The molecule has 0 aliphatic heterocycles. The van der Waals surface area contributed by atoms with E-state index < -0.39 is 9.84 Å². The van der Waals surface area contributed by atoms with Gasteiger partial charge in [0.2, 0.25) is 0 Å². The van der Waals surface area contributed by atoms with Crippen LogP contribution < -0.4 is 10.6 Å². The maximum Gasteiger partial charge on any atom is 0.191 e. The molecule has 0 spiro atoms. The lowest BCUT2D eigenvalue weighted by Crippen LogP contribution is -2.44. The third kappa shape index (κ3) is 12.2. The van der Waals surface area contributed by atoms with E-state index in [9.17, 15) is 8.42 Å². The number of aliphatic imine (C=N–C) groups is 1. The average Bonchev–Trinajstić information content (AvgIpc) is 2.57. The Bertz CT molecular complexity index is 651. The van der Waals surface area contributed by atoms with Crippen LogP contribution in [0.3, 0.4) is 0 Å². The third-order valence-electron chi connectivity index (χ3n) is 4.15. The van der Waals surface area contributed by atoms with Crippen LogP contribution in [0.5, 0.6) is 0 Å². The lowest BCUT2D eigenvalue weighted by Gasteiger charge is -2.24. The number of benzene rings is 1. The van der Waals surface area contributed by atoms with Gasteiger partial charge in [0.05, 0.1) is 12.3 Å². The standard InChI is InChI=1S/C19H34N4O2S.HI/c1-6-20-19(22-16(2)12-13-26(5,24)25)21-15-18(23(3)4)14-17-10-8-7-9-11-17;/h7-11,16,18H,6,12-15H2,1-5H3,(H2,20,21,22);1H. The summed E-state index contributed by atoms with van der Waals surface area (Å²) in [5.74, 6) is 0.906. The predicted molar refractivity (Wildman–Crippen MR) is 126 cm³/mol. The molecule has 0 radical (unpaired) electrons. The Kier molecular flexibility index (Phi) is 12.9. The predicted octanol–water partition coefficient (Wildman–Crippen LogP) is 2.16. The van der Waals surface area contributed by atoms with E-state index >= 15 is 0 Å². The van der Waals surface area contributed by atoms with Gasteiger partial charge in [-0.05, 0) is 46.3 Å². The quantitative estimate of drug-likeness (QED) is 0.287. The van der Waals surface area contributed by atoms with Gasteiger partial charge in [0.1, 0.15) is 9.84 Å². The van der Waals surface area contributed by atoms with Gasteiger partial charge in [-0.3, -0.25) is 4.99 Å². The summed E-state index contributed by atoms with van der Waals surface area (Å²) in [7, 11) is 1.19. The largest absolute Gasteiger partial charge is 0.357 e. The molecule has 6 nitrogen and oxygen atoms in total. The maximum atomic E-state index is 11.3. The van der Waals surface area contributed by atoms with Crippen molar-refractivity contribution in [3.63, 3.8) is 0 Å². The summed E-state index contributed by atoms with van der Waals surface area (Å²) in [6.07, 6.45) is 2.76. The molecule has 2 unspecified atom stereocenters. The van der Waals surface area contributed by atoms with Crippen molar-refractivity contribution >= 4 is 39.8 Å². The Morgan fingerprint density at radius 1 is 1.22 bits per heavy atom. The topological polar surface area (TPSA) is 73.8 Å². The van der Waals surface area contributed by atoms with Crippen molar-refractivity contribution in [2.45, 2.75) is 38.8 Å². The van der Waals surface area contributed by atoms with Crippen molar-refractivity contribution in [2.75, 3.05) is 39.2 Å². The number of halogens is 1. The van der Waals surface area contributed by atoms with Crippen LogP contribution in [0, 0.1) is 0 Å². The Balaban J connectivity index is 0.00000676. The van der Waals surface area contributed by atoms with Crippen molar-refractivity contribution in [3.05, 3.63) is 35.9 Å². The molecule has 0 saturated heterocycles. The highest BCUT2D eigenvalue weighted by Gasteiger charge is 2.13. The molecule has 0 saturated carbocycles. The zero-order valence-corrected chi connectivity index (χ0v) is 20.3. The summed E-state index contributed by atoms with van der Waals surface area (Å²) in [4.78, 5) is 6.91. The number of sulfone groups is 1. The zero-order valence-electron chi connectivity index (χ0n) is 17.1. The minimum atomic E-state index is -2.95. The fourth-order valence-electron chi connectivity index (χ4n) is 2.51. The first-order valence-corrected chi connectivity index (χ1v) is 11.2. The minimum Gasteiger partial charge on any atom is -0.357 e. The second-order valence-corrected chi connectivity index (χ2v) is 9.25. The number of nitrogens with one attached hydrogen (secondary N) is 2. The number of hydrogen-bond donors (Lipinski definition) is 2. The van der Waals surface area contributed by atoms with Gasteiger partial charge in [0, 0.05) is 24.9 Å². The Labute approximate surface area is 182 Å². The van der Waals surface area contributed by atoms with Gasteiger partial charge in [-0.15, -0.1) is 24.0 Å². The summed E-state index contributed by atoms with van der Waals surface area (Å²) in [6, 6.07) is 10.7. The molecule has 0 aliphatic rings. The summed E-state index contributed by atoms with van der Waals surface area (Å²) < 4.78 is 22.7. The molecule has 0 aromatic heterocycles. The van der Waals surface area contributed by atoms with Crippen molar-refractivity contribution in [1.82, 2.24) is 15.5 Å². The highest BCUT2D eigenvalue weighted by molar-refractivity contribution is 14.0. The van der Waals surface area contributed by atoms with Crippen molar-refractivity contribution in [1.29, 1.82) is 0 Å². The van der Waals surface area contributed by atoms with Crippen LogP contribution >= 0.6 is 24.0 Å². The molecule has 1 aromatic carbocycles. The van der Waals surface area contributed by atoms with Gasteiger partial charge < -0.3 is 15.5 Å². The molecule has 27 heavy (non-hydrogen) atoms. The fourth-order valence-corrected chi connectivity index (χ4v) is 3.29. The lowest BCUT2D eigenvalue weighted by molar-refractivity contribution is 0.298. The van der Waals surface area contributed by atoms with Crippen LogP contribution in [0.1, 0.15) is 25.8 Å². The molecule has 8 heteroatoms. The number of hydrogen-bond acceptors (Lipinski definition) is 4. The minimum absolute atomic E-state index is 0. The summed E-state index contributed by atoms with van der Waals surface area (Å²) in [5.41, 5.74) is 1.29. The molecule has 1 aromatic rings. The first-order valence-electron chi connectivity index (χ1n) is 9.14. The molecule has 0 fully saturated rings. The zero-order chi connectivity index (χ0) is 19.6. The monoisotopic (exact) mass is 510 g/mol. The Morgan fingerprint density at radius 2 is 1.85 bits per heavy atom. The maximum absolute atomic E-state index is 11.3. The van der Waals surface area contributed by atoms with E-state index in [1.165, 1.54) is 11.8 Å². The van der Waals surface area contributed by atoms with E-state index in [1.807, 2.05) is 19.9 Å². The highest BCUT2D eigenvalue weighted by atomic mass is 127. The Morgan fingerprint density at radius 3 is 2.37 bits per heavy atom. The smallest absolute Gasteiger partial charge is 0.191 e. The van der Waals surface area contributed by atoms with Gasteiger partial charge in [0.15, 0.2) is 5.96 Å². The van der Waals surface area contributed by atoms with Gasteiger partial charge >= 0.3 is 0 Å². The van der Waals surface area contributed by atoms with Crippen molar-refractivity contribution in [3.8, 4) is 0 Å². The second-order valence-electron chi connectivity index (χ2n) is 6.99. The van der Waals surface area contributed by atoms with E-state index in [2.05, 4.69) is 53.9 Å². The van der Waals surface area contributed by atoms with Gasteiger partial charge in [0.25, 0.3) is 0 Å². The second kappa shape index (κ2) is 13.3. The summed E-state index contributed by atoms with van der Waals surface area (Å²) in [6.45, 7) is 5.42. The number of likely N-dealkylation sites (N-methyl/N-ethyl adjacent to an activating group) is 1. The lowest BCUT2D eigenvalue weighted by atomic mass is 10.1. The molecule has 0 bridgehead atoms. The highest BCUT2D eigenvalue weighted by Crippen LogP contribution is 2.07. The summed E-state index contributed by atoms with van der Waals surface area (Å²) >= 11 is 0. The first-order chi connectivity index (χ1) is 12.2. The van der Waals surface area contributed by atoms with Crippen LogP contribution in [0.15, 0.2) is 35.3 Å². The third-order valence-corrected chi connectivity index (χ3v) is 5.13. The molecular weight excluding hydrogens is 475 g/mol. The van der Waals surface area contributed by atoms with Gasteiger partial charge in [-0.2, -0.15) is 0 Å². The SMILES string of the molecule is CCNC(=NCC(Cc1ccccc1)N(C)C)NC(C)CCS(C)(=O)=O.I. The van der Waals surface area contributed by atoms with Crippen LogP contribution in [-0.2, 0) is 16.3 Å². The molecule has 1 rings (SSSR count). The number of guanidine groups is 1. The molecule has 0 heterocycles. The van der Waals surface area contributed by atoms with Crippen LogP contribution in [0.2, 0.25) is 0 Å². The fraction of sp³-hybridized carbons (Fsp3) is 0.632. The molecule has 0 amide bonds. The molecule has 156 valence electrons. The normalized spacial score (nSPS) is 14.4. The molecule has 2 N–H and O–H groups in total. The van der Waals surface area contributed by atoms with Gasteiger partial charge in [-0.25, -0.2) is 8.42 Å². The van der Waals surface area contributed by atoms with E-state index in [0.717, 1.165) is 18.9 Å². The Hall–Kier alpha value is -0.870. The molecule has 2 atom stereocenters. The molecule has 0 aliphatic carbocycles.